The van der Waals surface area contributed by atoms with Crippen LogP contribution < -0.4 is 5.32 Å². The Balaban J connectivity index is 1.74. The maximum absolute atomic E-state index is 4.39. The van der Waals surface area contributed by atoms with Crippen molar-refractivity contribution in [2.75, 3.05) is 13.1 Å². The van der Waals surface area contributed by atoms with Crippen molar-refractivity contribution in [2.45, 2.75) is 33.2 Å². The van der Waals surface area contributed by atoms with Crippen LogP contribution in [0.4, 0.5) is 0 Å². The van der Waals surface area contributed by atoms with E-state index in [2.05, 4.69) is 46.9 Å². The summed E-state index contributed by atoms with van der Waals surface area (Å²) >= 11 is 0. The first kappa shape index (κ1) is 13.1. The van der Waals surface area contributed by atoms with E-state index < -0.39 is 0 Å². The number of imidazole rings is 1. The van der Waals surface area contributed by atoms with E-state index in [1.54, 1.807) is 0 Å². The normalized spacial score (nSPS) is 11.5. The Morgan fingerprint density at radius 1 is 1.22 bits per heavy atom. The molecule has 3 nitrogen and oxygen atoms in total. The minimum Gasteiger partial charge on any atom is -0.329 e. The third kappa shape index (κ3) is 3.57. The van der Waals surface area contributed by atoms with Gasteiger partial charge in [0.1, 0.15) is 0 Å². The number of fused-ring (bicyclic) bond motifs is 1. The second-order valence-corrected chi connectivity index (χ2v) is 5.21. The molecule has 1 heterocycles. The maximum atomic E-state index is 4.39. The molecule has 0 fully saturated rings. The molecule has 1 N–H and O–H groups in total. The van der Waals surface area contributed by atoms with Crippen LogP contribution in [-0.4, -0.2) is 22.6 Å². The molecule has 3 heteroatoms. The number of hydrogen-bond acceptors (Lipinski definition) is 2. The molecule has 0 unspecified atom stereocenters. The summed E-state index contributed by atoms with van der Waals surface area (Å²) < 4.78 is 2.21. The van der Waals surface area contributed by atoms with Gasteiger partial charge in [-0.15, -0.1) is 0 Å². The first-order valence-electron chi connectivity index (χ1n) is 6.88. The highest BCUT2D eigenvalue weighted by Crippen LogP contribution is 2.11. The van der Waals surface area contributed by atoms with Crippen LogP contribution in [-0.2, 0) is 6.54 Å². The van der Waals surface area contributed by atoms with Gasteiger partial charge in [0, 0.05) is 13.1 Å². The first-order valence-corrected chi connectivity index (χ1v) is 6.88. The van der Waals surface area contributed by atoms with E-state index in [0.29, 0.717) is 0 Å². The Labute approximate surface area is 109 Å². The summed E-state index contributed by atoms with van der Waals surface area (Å²) in [5, 5.41) is 3.50. The van der Waals surface area contributed by atoms with Crippen LogP contribution in [0, 0.1) is 5.92 Å². The summed E-state index contributed by atoms with van der Waals surface area (Å²) in [6, 6.07) is 8.28. The van der Waals surface area contributed by atoms with Crippen LogP contribution in [0.1, 0.15) is 26.7 Å². The molecule has 0 amide bonds. The summed E-state index contributed by atoms with van der Waals surface area (Å²) in [5.41, 5.74) is 2.30. The van der Waals surface area contributed by atoms with E-state index in [0.717, 1.165) is 31.1 Å². The van der Waals surface area contributed by atoms with Crippen molar-refractivity contribution in [1.82, 2.24) is 14.9 Å². The molecular weight excluding hydrogens is 222 g/mol. The number of hydrogen-bond donors (Lipinski definition) is 1. The van der Waals surface area contributed by atoms with Crippen LogP contribution >= 0.6 is 0 Å². The zero-order valence-electron chi connectivity index (χ0n) is 11.4. The van der Waals surface area contributed by atoms with Crippen molar-refractivity contribution >= 4 is 11.0 Å². The van der Waals surface area contributed by atoms with Crippen molar-refractivity contribution in [3.8, 4) is 0 Å². The van der Waals surface area contributed by atoms with Gasteiger partial charge in [-0.1, -0.05) is 26.0 Å². The molecule has 0 saturated heterocycles. The molecule has 1 aromatic heterocycles. The standard InChI is InChI=1S/C15H23N3/c1-13(2)6-5-9-16-10-11-18-12-17-14-7-3-4-8-15(14)18/h3-4,7-8,12-13,16H,5-6,9-11H2,1-2H3. The molecule has 0 aliphatic rings. The van der Waals surface area contributed by atoms with Crippen LogP contribution in [0.15, 0.2) is 30.6 Å². The van der Waals surface area contributed by atoms with Gasteiger partial charge in [0.2, 0.25) is 0 Å². The van der Waals surface area contributed by atoms with E-state index in [4.69, 9.17) is 0 Å². The van der Waals surface area contributed by atoms with E-state index in [1.807, 2.05) is 12.4 Å². The Morgan fingerprint density at radius 3 is 2.89 bits per heavy atom. The Kier molecular flexibility index (Phi) is 4.76. The molecule has 18 heavy (non-hydrogen) atoms. The summed E-state index contributed by atoms with van der Waals surface area (Å²) in [4.78, 5) is 4.39. The predicted octanol–water partition coefficient (Wildman–Crippen LogP) is 3.06. The maximum Gasteiger partial charge on any atom is 0.0958 e. The van der Waals surface area contributed by atoms with E-state index in [-0.39, 0.29) is 0 Å². The molecule has 1 aromatic carbocycles. The van der Waals surface area contributed by atoms with Gasteiger partial charge < -0.3 is 9.88 Å². The van der Waals surface area contributed by atoms with Gasteiger partial charge >= 0.3 is 0 Å². The van der Waals surface area contributed by atoms with E-state index in [1.165, 1.54) is 18.4 Å². The SMILES string of the molecule is CC(C)CCCNCCn1cnc2ccccc21. The zero-order valence-corrected chi connectivity index (χ0v) is 11.4. The van der Waals surface area contributed by atoms with E-state index in [9.17, 15) is 0 Å². The minimum absolute atomic E-state index is 0.810. The van der Waals surface area contributed by atoms with Crippen molar-refractivity contribution in [1.29, 1.82) is 0 Å². The Bertz CT molecular complexity index is 473. The molecule has 0 aliphatic carbocycles. The fourth-order valence-electron chi connectivity index (χ4n) is 2.15. The van der Waals surface area contributed by atoms with E-state index >= 15 is 0 Å². The molecule has 0 bridgehead atoms. The second kappa shape index (κ2) is 6.55. The number of para-hydroxylation sites is 2. The lowest BCUT2D eigenvalue weighted by Gasteiger charge is -2.07. The molecule has 0 aliphatic heterocycles. The van der Waals surface area contributed by atoms with Crippen molar-refractivity contribution < 1.29 is 0 Å². The Morgan fingerprint density at radius 2 is 2.06 bits per heavy atom. The summed E-state index contributed by atoms with van der Waals surface area (Å²) in [5.74, 6) is 0.810. The van der Waals surface area contributed by atoms with Gasteiger partial charge in [-0.3, -0.25) is 0 Å². The number of nitrogens with one attached hydrogen (secondary N) is 1. The Hall–Kier alpha value is -1.35. The molecule has 98 valence electrons. The lowest BCUT2D eigenvalue weighted by molar-refractivity contribution is 0.517. The first-order chi connectivity index (χ1) is 8.77. The smallest absolute Gasteiger partial charge is 0.0958 e. The quantitative estimate of drug-likeness (QED) is 0.760. The molecule has 0 atom stereocenters. The number of benzene rings is 1. The van der Waals surface area contributed by atoms with Crippen molar-refractivity contribution in [3.63, 3.8) is 0 Å². The summed E-state index contributed by atoms with van der Waals surface area (Å²) in [7, 11) is 0. The van der Waals surface area contributed by atoms with Crippen molar-refractivity contribution in [2.24, 2.45) is 5.92 Å². The molecule has 2 rings (SSSR count). The zero-order chi connectivity index (χ0) is 12.8. The third-order valence-electron chi connectivity index (χ3n) is 3.19. The second-order valence-electron chi connectivity index (χ2n) is 5.21. The van der Waals surface area contributed by atoms with Gasteiger partial charge in [0.25, 0.3) is 0 Å². The van der Waals surface area contributed by atoms with Crippen LogP contribution in [0.25, 0.3) is 11.0 Å². The number of rotatable bonds is 7. The number of aromatic nitrogens is 2. The monoisotopic (exact) mass is 245 g/mol. The number of nitrogens with zero attached hydrogens (tertiary/aromatic N) is 2. The molecule has 0 spiro atoms. The lowest BCUT2D eigenvalue weighted by Crippen LogP contribution is -2.21. The summed E-state index contributed by atoms with van der Waals surface area (Å²) in [6.07, 6.45) is 4.50. The van der Waals surface area contributed by atoms with Crippen LogP contribution in [0.2, 0.25) is 0 Å². The lowest BCUT2D eigenvalue weighted by atomic mass is 10.1. The van der Waals surface area contributed by atoms with Gasteiger partial charge in [-0.2, -0.15) is 0 Å². The average Bonchev–Trinajstić information content (AvgIpc) is 2.77. The third-order valence-corrected chi connectivity index (χ3v) is 3.19. The van der Waals surface area contributed by atoms with Crippen LogP contribution in [0.3, 0.4) is 0 Å². The molecule has 0 radical (unpaired) electrons. The largest absolute Gasteiger partial charge is 0.329 e. The molecular formula is C15H23N3. The fourth-order valence-corrected chi connectivity index (χ4v) is 2.15. The van der Waals surface area contributed by atoms with Crippen LogP contribution in [0.5, 0.6) is 0 Å². The van der Waals surface area contributed by atoms with Gasteiger partial charge in [0.15, 0.2) is 0 Å². The fraction of sp³-hybridized carbons (Fsp3) is 0.533. The average molecular weight is 245 g/mol. The highest BCUT2D eigenvalue weighted by Gasteiger charge is 2.00. The summed E-state index contributed by atoms with van der Waals surface area (Å²) in [6.45, 7) is 7.67. The minimum atomic E-state index is 0.810. The topological polar surface area (TPSA) is 29.9 Å². The highest BCUT2D eigenvalue weighted by molar-refractivity contribution is 5.74. The van der Waals surface area contributed by atoms with Gasteiger partial charge in [0.05, 0.1) is 17.4 Å². The van der Waals surface area contributed by atoms with Gasteiger partial charge in [-0.25, -0.2) is 4.98 Å². The highest BCUT2D eigenvalue weighted by atomic mass is 15.1. The van der Waals surface area contributed by atoms with Crippen molar-refractivity contribution in [3.05, 3.63) is 30.6 Å². The molecule has 2 aromatic rings. The predicted molar refractivity (Wildman–Crippen MR) is 76.7 cm³/mol. The van der Waals surface area contributed by atoms with Gasteiger partial charge in [-0.05, 0) is 37.4 Å². The molecule has 0 saturated carbocycles.